The molecule has 1 aliphatic rings. The Morgan fingerprint density at radius 2 is 1.96 bits per heavy atom. The number of hydrogen-bond acceptors (Lipinski definition) is 5. The highest BCUT2D eigenvalue weighted by Crippen LogP contribution is 2.22. The van der Waals surface area contributed by atoms with Gasteiger partial charge in [-0.25, -0.2) is 4.98 Å². The SMILES string of the molecule is Cc1ncsc1COC(=O)C1CCN(C(=O)c2ccccc2)CC1. The van der Waals surface area contributed by atoms with Gasteiger partial charge in [-0.3, -0.25) is 9.59 Å². The van der Waals surface area contributed by atoms with E-state index in [2.05, 4.69) is 4.98 Å². The van der Waals surface area contributed by atoms with Crippen LogP contribution in [0.15, 0.2) is 35.8 Å². The Balaban J connectivity index is 1.49. The van der Waals surface area contributed by atoms with Gasteiger partial charge in [0.25, 0.3) is 5.91 Å². The number of likely N-dealkylation sites (tertiary alicyclic amines) is 1. The summed E-state index contributed by atoms with van der Waals surface area (Å²) in [4.78, 5) is 31.6. The largest absolute Gasteiger partial charge is 0.460 e. The monoisotopic (exact) mass is 344 g/mol. The average Bonchev–Trinajstić information content (AvgIpc) is 3.05. The summed E-state index contributed by atoms with van der Waals surface area (Å²) in [7, 11) is 0. The first-order chi connectivity index (χ1) is 11.6. The molecular formula is C18H20N2O3S. The van der Waals surface area contributed by atoms with Crippen LogP contribution in [-0.4, -0.2) is 34.8 Å². The second-order valence-corrected chi connectivity index (χ2v) is 6.84. The van der Waals surface area contributed by atoms with Crippen LogP contribution in [0, 0.1) is 12.8 Å². The second-order valence-electron chi connectivity index (χ2n) is 5.90. The molecule has 0 bridgehead atoms. The molecule has 1 saturated heterocycles. The summed E-state index contributed by atoms with van der Waals surface area (Å²) in [6.45, 7) is 3.38. The van der Waals surface area contributed by atoms with Crippen molar-refractivity contribution in [2.75, 3.05) is 13.1 Å². The number of nitrogens with zero attached hydrogens (tertiary/aromatic N) is 2. The van der Waals surface area contributed by atoms with Gasteiger partial charge in [-0.15, -0.1) is 11.3 Å². The molecule has 0 saturated carbocycles. The van der Waals surface area contributed by atoms with E-state index >= 15 is 0 Å². The molecule has 1 fully saturated rings. The van der Waals surface area contributed by atoms with E-state index in [4.69, 9.17) is 4.74 Å². The molecule has 5 nitrogen and oxygen atoms in total. The highest BCUT2D eigenvalue weighted by atomic mass is 32.1. The Morgan fingerprint density at radius 3 is 2.58 bits per heavy atom. The smallest absolute Gasteiger partial charge is 0.309 e. The number of carbonyl (C=O) groups excluding carboxylic acids is 2. The van der Waals surface area contributed by atoms with Crippen LogP contribution in [0.4, 0.5) is 0 Å². The Labute approximate surface area is 145 Å². The third-order valence-electron chi connectivity index (χ3n) is 4.33. The average molecular weight is 344 g/mol. The van der Waals surface area contributed by atoms with E-state index in [0.717, 1.165) is 10.6 Å². The number of thiazole rings is 1. The molecular weight excluding hydrogens is 324 g/mol. The maximum absolute atomic E-state index is 12.4. The zero-order valence-corrected chi connectivity index (χ0v) is 14.4. The molecule has 2 aromatic rings. The molecule has 24 heavy (non-hydrogen) atoms. The third-order valence-corrected chi connectivity index (χ3v) is 5.24. The van der Waals surface area contributed by atoms with E-state index < -0.39 is 0 Å². The summed E-state index contributed by atoms with van der Waals surface area (Å²) in [6, 6.07) is 9.25. The van der Waals surface area contributed by atoms with Gasteiger partial charge in [0.05, 0.1) is 22.0 Å². The number of esters is 1. The lowest BCUT2D eigenvalue weighted by Gasteiger charge is -2.31. The van der Waals surface area contributed by atoms with Crippen molar-refractivity contribution in [1.29, 1.82) is 0 Å². The molecule has 3 rings (SSSR count). The van der Waals surface area contributed by atoms with Gasteiger partial charge in [-0.05, 0) is 31.9 Å². The summed E-state index contributed by atoms with van der Waals surface area (Å²) >= 11 is 1.50. The number of aryl methyl sites for hydroxylation is 1. The zero-order chi connectivity index (χ0) is 16.9. The van der Waals surface area contributed by atoms with Crippen molar-refractivity contribution >= 4 is 23.2 Å². The molecule has 1 aromatic carbocycles. The predicted molar refractivity (Wildman–Crippen MR) is 91.7 cm³/mol. The quantitative estimate of drug-likeness (QED) is 0.800. The van der Waals surface area contributed by atoms with E-state index in [1.165, 1.54) is 11.3 Å². The third kappa shape index (κ3) is 3.82. The standard InChI is InChI=1S/C18H20N2O3S/c1-13-16(24-12-19-13)11-23-18(22)15-7-9-20(10-8-15)17(21)14-5-3-2-4-6-14/h2-6,12,15H,7-11H2,1H3. The van der Waals surface area contributed by atoms with Gasteiger partial charge in [0.1, 0.15) is 6.61 Å². The van der Waals surface area contributed by atoms with E-state index in [0.29, 0.717) is 38.1 Å². The summed E-state index contributed by atoms with van der Waals surface area (Å²) in [5, 5.41) is 0. The van der Waals surface area contributed by atoms with Gasteiger partial charge < -0.3 is 9.64 Å². The fraction of sp³-hybridized carbons (Fsp3) is 0.389. The molecule has 0 unspecified atom stereocenters. The molecule has 2 heterocycles. The van der Waals surface area contributed by atoms with E-state index in [1.54, 1.807) is 5.51 Å². The zero-order valence-electron chi connectivity index (χ0n) is 13.6. The Morgan fingerprint density at radius 1 is 1.25 bits per heavy atom. The Kier molecular flexibility index (Phi) is 5.25. The van der Waals surface area contributed by atoms with Crippen molar-refractivity contribution in [2.24, 2.45) is 5.92 Å². The van der Waals surface area contributed by atoms with Gasteiger partial charge in [0.15, 0.2) is 0 Å². The number of rotatable bonds is 4. The van der Waals surface area contributed by atoms with Gasteiger partial charge >= 0.3 is 5.97 Å². The van der Waals surface area contributed by atoms with Crippen LogP contribution >= 0.6 is 11.3 Å². The first-order valence-corrected chi connectivity index (χ1v) is 8.93. The molecule has 0 N–H and O–H groups in total. The summed E-state index contributed by atoms with van der Waals surface area (Å²) in [5.41, 5.74) is 3.36. The molecule has 0 spiro atoms. The van der Waals surface area contributed by atoms with Crippen LogP contribution in [0.5, 0.6) is 0 Å². The predicted octanol–water partition coefficient (Wildman–Crippen LogP) is 3.05. The maximum atomic E-state index is 12.4. The van der Waals surface area contributed by atoms with Crippen molar-refractivity contribution in [3.63, 3.8) is 0 Å². The molecule has 0 aliphatic carbocycles. The van der Waals surface area contributed by atoms with E-state index in [9.17, 15) is 9.59 Å². The first kappa shape index (κ1) is 16.6. The highest BCUT2D eigenvalue weighted by Gasteiger charge is 2.28. The van der Waals surface area contributed by atoms with Crippen molar-refractivity contribution in [3.05, 3.63) is 52.0 Å². The van der Waals surface area contributed by atoms with Crippen LogP contribution in [-0.2, 0) is 16.1 Å². The summed E-state index contributed by atoms with van der Waals surface area (Å²) < 4.78 is 5.42. The van der Waals surface area contributed by atoms with Gasteiger partial charge in [-0.1, -0.05) is 18.2 Å². The molecule has 6 heteroatoms. The number of hydrogen-bond donors (Lipinski definition) is 0. The van der Waals surface area contributed by atoms with Crippen LogP contribution in [0.25, 0.3) is 0 Å². The lowest BCUT2D eigenvalue weighted by atomic mass is 9.96. The lowest BCUT2D eigenvalue weighted by Crippen LogP contribution is -2.40. The van der Waals surface area contributed by atoms with E-state index in [-0.39, 0.29) is 17.8 Å². The van der Waals surface area contributed by atoms with Crippen LogP contribution in [0.1, 0.15) is 33.8 Å². The highest BCUT2D eigenvalue weighted by molar-refractivity contribution is 7.09. The molecule has 126 valence electrons. The van der Waals surface area contributed by atoms with Crippen molar-refractivity contribution < 1.29 is 14.3 Å². The molecule has 1 aliphatic heterocycles. The fourth-order valence-electron chi connectivity index (χ4n) is 2.80. The first-order valence-electron chi connectivity index (χ1n) is 8.05. The van der Waals surface area contributed by atoms with Crippen LogP contribution in [0.2, 0.25) is 0 Å². The van der Waals surface area contributed by atoms with Crippen molar-refractivity contribution in [1.82, 2.24) is 9.88 Å². The summed E-state index contributed by atoms with van der Waals surface area (Å²) in [6.07, 6.45) is 1.30. The Hall–Kier alpha value is -2.21. The number of benzene rings is 1. The maximum Gasteiger partial charge on any atom is 0.309 e. The van der Waals surface area contributed by atoms with Crippen molar-refractivity contribution in [3.8, 4) is 0 Å². The van der Waals surface area contributed by atoms with Crippen LogP contribution in [0.3, 0.4) is 0 Å². The number of piperidine rings is 1. The fourth-order valence-corrected chi connectivity index (χ4v) is 3.49. The van der Waals surface area contributed by atoms with Crippen molar-refractivity contribution in [2.45, 2.75) is 26.4 Å². The molecule has 1 amide bonds. The summed E-state index contributed by atoms with van der Waals surface area (Å²) in [5.74, 6) is -0.268. The lowest BCUT2D eigenvalue weighted by molar-refractivity contribution is -0.151. The number of ether oxygens (including phenoxy) is 1. The van der Waals surface area contributed by atoms with Gasteiger partial charge in [0, 0.05) is 18.7 Å². The minimum absolute atomic E-state index is 0.0303. The Bertz CT molecular complexity index is 706. The van der Waals surface area contributed by atoms with Crippen LogP contribution < -0.4 is 0 Å². The number of amides is 1. The van der Waals surface area contributed by atoms with Gasteiger partial charge in [-0.2, -0.15) is 0 Å². The molecule has 0 atom stereocenters. The van der Waals surface area contributed by atoms with Gasteiger partial charge in [0.2, 0.25) is 0 Å². The molecule has 0 radical (unpaired) electrons. The number of carbonyl (C=O) groups is 2. The number of aromatic nitrogens is 1. The topological polar surface area (TPSA) is 59.5 Å². The minimum atomic E-state index is -0.172. The molecule has 1 aromatic heterocycles. The minimum Gasteiger partial charge on any atom is -0.460 e. The normalized spacial score (nSPS) is 15.3. The second kappa shape index (κ2) is 7.57. The van der Waals surface area contributed by atoms with E-state index in [1.807, 2.05) is 42.2 Å².